The van der Waals surface area contributed by atoms with Crippen molar-refractivity contribution in [2.75, 3.05) is 7.05 Å². The summed E-state index contributed by atoms with van der Waals surface area (Å²) in [6.07, 6.45) is 5.47. The Labute approximate surface area is 134 Å². The fourth-order valence-electron chi connectivity index (χ4n) is 2.95. The second kappa shape index (κ2) is 6.46. The van der Waals surface area contributed by atoms with Crippen LogP contribution in [0.5, 0.6) is 0 Å². The summed E-state index contributed by atoms with van der Waals surface area (Å²) in [5.74, 6) is 0.777. The van der Waals surface area contributed by atoms with Crippen molar-refractivity contribution in [3.8, 4) is 0 Å². The van der Waals surface area contributed by atoms with Gasteiger partial charge in [-0.15, -0.1) is 11.3 Å². The van der Waals surface area contributed by atoms with Crippen molar-refractivity contribution in [2.45, 2.75) is 56.9 Å². The molecular weight excluding hydrogens is 358 g/mol. The third-order valence-corrected chi connectivity index (χ3v) is 8.13. The first kappa shape index (κ1) is 16.5. The lowest BCUT2D eigenvalue weighted by atomic mass is 9.85. The Morgan fingerprint density at radius 3 is 2.40 bits per heavy atom. The van der Waals surface area contributed by atoms with Crippen LogP contribution in [0.3, 0.4) is 0 Å². The molecule has 1 saturated carbocycles. The Morgan fingerprint density at radius 1 is 1.35 bits per heavy atom. The predicted molar refractivity (Wildman–Crippen MR) is 87.7 cm³/mol. The van der Waals surface area contributed by atoms with Gasteiger partial charge in [0.25, 0.3) is 0 Å². The van der Waals surface area contributed by atoms with Crippen molar-refractivity contribution >= 4 is 37.3 Å². The van der Waals surface area contributed by atoms with Gasteiger partial charge < -0.3 is 0 Å². The molecule has 0 saturated heterocycles. The van der Waals surface area contributed by atoms with Crippen LogP contribution in [-0.2, 0) is 10.0 Å². The monoisotopic (exact) mass is 379 g/mol. The van der Waals surface area contributed by atoms with Gasteiger partial charge in [-0.05, 0) is 60.5 Å². The molecule has 1 heterocycles. The molecule has 0 aromatic carbocycles. The lowest BCUT2D eigenvalue weighted by molar-refractivity contribution is 0.233. The van der Waals surface area contributed by atoms with Crippen molar-refractivity contribution in [3.63, 3.8) is 0 Å². The minimum atomic E-state index is -3.36. The maximum Gasteiger partial charge on any atom is 0.244 e. The number of rotatable bonds is 4. The summed E-state index contributed by atoms with van der Waals surface area (Å²) in [4.78, 5) is 1.31. The van der Waals surface area contributed by atoms with Crippen LogP contribution < -0.4 is 0 Å². The van der Waals surface area contributed by atoms with E-state index in [1.165, 1.54) is 17.8 Å². The zero-order valence-electron chi connectivity index (χ0n) is 12.2. The highest BCUT2D eigenvalue weighted by molar-refractivity contribution is 9.11. The smallest absolute Gasteiger partial charge is 0.207 e. The number of halogens is 1. The first-order valence-corrected chi connectivity index (χ1v) is 10.1. The van der Waals surface area contributed by atoms with Gasteiger partial charge in [0.15, 0.2) is 0 Å². The second-order valence-corrected chi connectivity index (χ2v) is 10.2. The molecule has 0 amide bonds. The van der Waals surface area contributed by atoms with E-state index in [0.717, 1.165) is 40.3 Å². The Balaban J connectivity index is 2.16. The Bertz CT molecular complexity index is 560. The van der Waals surface area contributed by atoms with Crippen molar-refractivity contribution in [1.82, 2.24) is 4.31 Å². The molecule has 1 aromatic rings. The molecule has 0 N–H and O–H groups in total. The second-order valence-electron chi connectivity index (χ2n) is 5.57. The van der Waals surface area contributed by atoms with E-state index < -0.39 is 10.0 Å². The Hall–Kier alpha value is 0.0900. The van der Waals surface area contributed by atoms with Crippen LogP contribution in [-0.4, -0.2) is 25.8 Å². The summed E-state index contributed by atoms with van der Waals surface area (Å²) >= 11 is 4.85. The molecule has 20 heavy (non-hydrogen) atoms. The van der Waals surface area contributed by atoms with Gasteiger partial charge in [-0.2, -0.15) is 4.31 Å². The third kappa shape index (κ3) is 3.29. The van der Waals surface area contributed by atoms with E-state index >= 15 is 0 Å². The topological polar surface area (TPSA) is 37.4 Å². The normalized spacial score (nSPS) is 24.2. The largest absolute Gasteiger partial charge is 0.244 e. The maximum absolute atomic E-state index is 12.7. The SMILES string of the molecule is CCC1CCC(N(C)S(=O)(=O)c2cc(Br)sc2C)CC1. The summed E-state index contributed by atoms with van der Waals surface area (Å²) in [6.45, 7) is 4.09. The van der Waals surface area contributed by atoms with Gasteiger partial charge >= 0.3 is 0 Å². The zero-order valence-corrected chi connectivity index (χ0v) is 15.4. The summed E-state index contributed by atoms with van der Waals surface area (Å²) in [7, 11) is -1.63. The molecule has 1 aliphatic rings. The number of sulfonamides is 1. The van der Waals surface area contributed by atoms with Crippen LogP contribution in [0.4, 0.5) is 0 Å². The predicted octanol–water partition coefficient (Wildman–Crippen LogP) is 4.41. The molecule has 2 rings (SSSR count). The van der Waals surface area contributed by atoms with Crippen molar-refractivity contribution in [1.29, 1.82) is 0 Å². The van der Waals surface area contributed by atoms with E-state index in [-0.39, 0.29) is 6.04 Å². The Kier molecular flexibility index (Phi) is 5.32. The van der Waals surface area contributed by atoms with Crippen LogP contribution in [0.1, 0.15) is 43.9 Å². The molecule has 6 heteroatoms. The lowest BCUT2D eigenvalue weighted by Gasteiger charge is -2.33. The first-order valence-electron chi connectivity index (χ1n) is 7.10. The average molecular weight is 380 g/mol. The van der Waals surface area contributed by atoms with Crippen molar-refractivity contribution in [3.05, 3.63) is 14.7 Å². The number of aryl methyl sites for hydroxylation is 1. The Morgan fingerprint density at radius 2 is 1.95 bits per heavy atom. The van der Waals surface area contributed by atoms with Gasteiger partial charge in [0, 0.05) is 18.0 Å². The number of nitrogens with zero attached hydrogens (tertiary/aromatic N) is 1. The molecule has 0 unspecified atom stereocenters. The van der Waals surface area contributed by atoms with Gasteiger partial charge in [0.1, 0.15) is 0 Å². The summed E-state index contributed by atoms with van der Waals surface area (Å²) < 4.78 is 27.9. The minimum absolute atomic E-state index is 0.154. The van der Waals surface area contributed by atoms with E-state index in [1.807, 2.05) is 6.92 Å². The van der Waals surface area contributed by atoms with E-state index in [4.69, 9.17) is 0 Å². The highest BCUT2D eigenvalue weighted by Crippen LogP contribution is 2.35. The molecule has 0 bridgehead atoms. The molecule has 1 fully saturated rings. The molecular formula is C14H22BrNO2S2. The van der Waals surface area contributed by atoms with Gasteiger partial charge in [-0.3, -0.25) is 0 Å². The van der Waals surface area contributed by atoms with E-state index in [9.17, 15) is 8.42 Å². The zero-order chi connectivity index (χ0) is 14.9. The van der Waals surface area contributed by atoms with E-state index in [0.29, 0.717) is 4.90 Å². The van der Waals surface area contributed by atoms with Crippen LogP contribution in [0, 0.1) is 12.8 Å². The minimum Gasteiger partial charge on any atom is -0.207 e. The summed E-state index contributed by atoms with van der Waals surface area (Å²) in [6, 6.07) is 1.88. The molecule has 114 valence electrons. The molecule has 0 aliphatic heterocycles. The fourth-order valence-corrected chi connectivity index (χ4v) is 6.75. The standard InChI is InChI=1S/C14H22BrNO2S2/c1-4-11-5-7-12(8-6-11)16(3)20(17,18)13-9-14(15)19-10(13)2/h9,11-12H,4-8H2,1-3H3. The van der Waals surface area contributed by atoms with E-state index in [2.05, 4.69) is 22.9 Å². The van der Waals surface area contributed by atoms with Gasteiger partial charge in [0.05, 0.1) is 8.68 Å². The highest BCUT2D eigenvalue weighted by Gasteiger charge is 2.32. The fraction of sp³-hybridized carbons (Fsp3) is 0.714. The van der Waals surface area contributed by atoms with Crippen LogP contribution >= 0.6 is 27.3 Å². The van der Waals surface area contributed by atoms with Crippen molar-refractivity contribution in [2.24, 2.45) is 5.92 Å². The molecule has 0 radical (unpaired) electrons. The third-order valence-electron chi connectivity index (χ3n) is 4.41. The van der Waals surface area contributed by atoms with Gasteiger partial charge in [-0.25, -0.2) is 8.42 Å². The summed E-state index contributed by atoms with van der Waals surface area (Å²) in [5, 5.41) is 0. The highest BCUT2D eigenvalue weighted by atomic mass is 79.9. The number of thiophene rings is 1. The van der Waals surface area contributed by atoms with Crippen LogP contribution in [0.15, 0.2) is 14.7 Å². The summed E-state index contributed by atoms with van der Waals surface area (Å²) in [5.41, 5.74) is 0. The molecule has 1 aromatic heterocycles. The quantitative estimate of drug-likeness (QED) is 0.776. The lowest BCUT2D eigenvalue weighted by Crippen LogP contribution is -2.39. The van der Waals surface area contributed by atoms with Crippen LogP contribution in [0.25, 0.3) is 0 Å². The molecule has 1 aliphatic carbocycles. The van der Waals surface area contributed by atoms with Gasteiger partial charge in [0.2, 0.25) is 10.0 Å². The first-order chi connectivity index (χ1) is 9.36. The van der Waals surface area contributed by atoms with E-state index in [1.54, 1.807) is 17.4 Å². The number of hydrogen-bond donors (Lipinski definition) is 0. The molecule has 3 nitrogen and oxygen atoms in total. The average Bonchev–Trinajstić information content (AvgIpc) is 2.77. The number of hydrogen-bond acceptors (Lipinski definition) is 3. The van der Waals surface area contributed by atoms with Crippen molar-refractivity contribution < 1.29 is 8.42 Å². The maximum atomic E-state index is 12.7. The van der Waals surface area contributed by atoms with Crippen LogP contribution in [0.2, 0.25) is 0 Å². The van der Waals surface area contributed by atoms with Gasteiger partial charge in [-0.1, -0.05) is 13.3 Å². The molecule has 0 atom stereocenters. The molecule has 0 spiro atoms.